The Kier molecular flexibility index (Phi) is 5.48. The van der Waals surface area contributed by atoms with Gasteiger partial charge in [-0.25, -0.2) is 4.79 Å². The van der Waals surface area contributed by atoms with Crippen LogP contribution in [0.5, 0.6) is 11.5 Å². The summed E-state index contributed by atoms with van der Waals surface area (Å²) in [5, 5.41) is 4.45. The number of anilines is 2. The van der Waals surface area contributed by atoms with Crippen LogP contribution in [0.1, 0.15) is 0 Å². The molecule has 0 fully saturated rings. The highest BCUT2D eigenvalue weighted by Crippen LogP contribution is 2.26. The molecule has 2 amide bonds. The zero-order valence-electron chi connectivity index (χ0n) is 12.6. The third-order valence-corrected chi connectivity index (χ3v) is 2.65. The van der Waals surface area contributed by atoms with Gasteiger partial charge in [-0.05, 0) is 24.3 Å². The number of halogens is 6. The number of nitrogens with one attached hydrogen (secondary N) is 2. The van der Waals surface area contributed by atoms with E-state index in [0.717, 1.165) is 24.3 Å². The highest BCUT2D eigenvalue weighted by Gasteiger charge is 2.31. The van der Waals surface area contributed by atoms with E-state index in [0.29, 0.717) is 0 Å². The summed E-state index contributed by atoms with van der Waals surface area (Å²) in [6.45, 7) is 0. The SMILES string of the molecule is O=C(Nc1cccc(OC(F)(F)F)c1)Nc1cccc(OC(F)(F)F)c1. The van der Waals surface area contributed by atoms with Crippen LogP contribution in [-0.4, -0.2) is 18.8 Å². The van der Waals surface area contributed by atoms with Crippen molar-refractivity contribution in [2.45, 2.75) is 12.7 Å². The molecule has 0 atom stereocenters. The maximum Gasteiger partial charge on any atom is 0.573 e. The topological polar surface area (TPSA) is 59.6 Å². The molecule has 5 nitrogen and oxygen atoms in total. The number of urea groups is 1. The Hall–Kier alpha value is -3.11. The van der Waals surface area contributed by atoms with Gasteiger partial charge >= 0.3 is 18.8 Å². The Bertz CT molecular complexity index is 713. The minimum atomic E-state index is -4.89. The second-order valence-electron chi connectivity index (χ2n) is 4.73. The molecule has 0 bridgehead atoms. The summed E-state index contributed by atoms with van der Waals surface area (Å²) in [6.07, 6.45) is -9.78. The fraction of sp³-hybridized carbons (Fsp3) is 0.133. The molecule has 11 heteroatoms. The summed E-state index contributed by atoms with van der Waals surface area (Å²) in [4.78, 5) is 11.8. The predicted octanol–water partition coefficient (Wildman–Crippen LogP) is 5.13. The van der Waals surface area contributed by atoms with Crippen LogP contribution in [0.15, 0.2) is 48.5 Å². The molecule has 0 radical (unpaired) electrons. The Morgan fingerprint density at radius 2 is 1.12 bits per heavy atom. The first-order valence-corrected chi connectivity index (χ1v) is 6.80. The van der Waals surface area contributed by atoms with Gasteiger partial charge in [-0.1, -0.05) is 12.1 Å². The van der Waals surface area contributed by atoms with Gasteiger partial charge in [0, 0.05) is 23.5 Å². The molecule has 0 aliphatic carbocycles. The Morgan fingerprint density at radius 3 is 1.46 bits per heavy atom. The van der Waals surface area contributed by atoms with Crippen molar-refractivity contribution in [3.05, 3.63) is 48.5 Å². The number of ether oxygens (including phenoxy) is 2. The van der Waals surface area contributed by atoms with Crippen LogP contribution in [0.3, 0.4) is 0 Å². The van der Waals surface area contributed by atoms with Gasteiger partial charge in [-0.3, -0.25) is 0 Å². The van der Waals surface area contributed by atoms with Crippen molar-refractivity contribution in [1.29, 1.82) is 0 Å². The summed E-state index contributed by atoms with van der Waals surface area (Å²) in [5.41, 5.74) is -0.0427. The normalized spacial score (nSPS) is 11.6. The number of hydrogen-bond donors (Lipinski definition) is 2. The Morgan fingerprint density at radius 1 is 0.731 bits per heavy atom. The van der Waals surface area contributed by atoms with Crippen molar-refractivity contribution >= 4 is 17.4 Å². The van der Waals surface area contributed by atoms with E-state index in [9.17, 15) is 31.1 Å². The molecule has 0 aliphatic rings. The lowest BCUT2D eigenvalue weighted by Gasteiger charge is -2.12. The molecule has 0 saturated heterocycles. The van der Waals surface area contributed by atoms with Gasteiger partial charge in [0.1, 0.15) is 11.5 Å². The molecule has 0 aromatic heterocycles. The van der Waals surface area contributed by atoms with E-state index in [2.05, 4.69) is 20.1 Å². The monoisotopic (exact) mass is 380 g/mol. The predicted molar refractivity (Wildman–Crippen MR) is 78.9 cm³/mol. The van der Waals surface area contributed by atoms with Gasteiger partial charge in [-0.2, -0.15) is 0 Å². The minimum Gasteiger partial charge on any atom is -0.406 e. The van der Waals surface area contributed by atoms with Gasteiger partial charge in [-0.15, -0.1) is 26.3 Å². The van der Waals surface area contributed by atoms with Crippen LogP contribution in [0.2, 0.25) is 0 Å². The number of alkyl halides is 6. The molecule has 2 N–H and O–H groups in total. The maximum absolute atomic E-state index is 12.2. The first-order valence-electron chi connectivity index (χ1n) is 6.80. The van der Waals surface area contributed by atoms with Crippen molar-refractivity contribution in [1.82, 2.24) is 0 Å². The molecule has 2 aromatic rings. The molecule has 2 aromatic carbocycles. The lowest BCUT2D eigenvalue weighted by atomic mass is 10.3. The Labute approximate surface area is 142 Å². The Balaban J connectivity index is 2.01. The third kappa shape index (κ3) is 6.79. The third-order valence-electron chi connectivity index (χ3n) is 2.65. The number of carbonyl (C=O) groups is 1. The van der Waals surface area contributed by atoms with Crippen LogP contribution in [-0.2, 0) is 0 Å². The molecule has 26 heavy (non-hydrogen) atoms. The highest BCUT2D eigenvalue weighted by molar-refractivity contribution is 5.99. The van der Waals surface area contributed by atoms with Crippen LogP contribution < -0.4 is 20.1 Å². The highest BCUT2D eigenvalue weighted by atomic mass is 19.4. The molecule has 2 rings (SSSR count). The van der Waals surface area contributed by atoms with E-state index in [1.165, 1.54) is 24.3 Å². The van der Waals surface area contributed by atoms with Gasteiger partial charge in [0.05, 0.1) is 0 Å². The van der Waals surface area contributed by atoms with Crippen molar-refractivity contribution in [3.8, 4) is 11.5 Å². The molecule has 0 unspecified atom stereocenters. The van der Waals surface area contributed by atoms with Crippen molar-refractivity contribution in [3.63, 3.8) is 0 Å². The summed E-state index contributed by atoms with van der Waals surface area (Å²) < 4.78 is 80.4. The number of carbonyl (C=O) groups excluding carboxylic acids is 1. The van der Waals surface area contributed by atoms with Gasteiger partial charge in [0.2, 0.25) is 0 Å². The smallest absolute Gasteiger partial charge is 0.406 e. The standard InChI is InChI=1S/C15H10F6N2O3/c16-14(17,18)25-11-5-1-3-9(7-11)22-13(24)23-10-4-2-6-12(8-10)26-15(19,20)21/h1-8H,(H2,22,23,24). The number of amides is 2. The van der Waals surface area contributed by atoms with Crippen molar-refractivity contribution in [2.24, 2.45) is 0 Å². The molecular weight excluding hydrogens is 370 g/mol. The first kappa shape index (κ1) is 19.2. The summed E-state index contributed by atoms with van der Waals surface area (Å²) in [6, 6.07) is 8.06. The second kappa shape index (κ2) is 7.42. The number of rotatable bonds is 4. The average molecular weight is 380 g/mol. The molecule has 0 spiro atoms. The van der Waals surface area contributed by atoms with Crippen LogP contribution >= 0.6 is 0 Å². The van der Waals surface area contributed by atoms with Crippen LogP contribution in [0.25, 0.3) is 0 Å². The van der Waals surface area contributed by atoms with E-state index < -0.39 is 30.3 Å². The zero-order valence-corrected chi connectivity index (χ0v) is 12.6. The summed E-state index contributed by atoms with van der Waals surface area (Å²) in [5.74, 6) is -1.09. The van der Waals surface area contributed by atoms with Crippen LogP contribution in [0, 0.1) is 0 Å². The van der Waals surface area contributed by atoms with Gasteiger partial charge < -0.3 is 20.1 Å². The quantitative estimate of drug-likeness (QED) is 0.724. The maximum atomic E-state index is 12.2. The average Bonchev–Trinajstić information content (AvgIpc) is 2.43. The van der Waals surface area contributed by atoms with Gasteiger partial charge in [0.15, 0.2) is 0 Å². The van der Waals surface area contributed by atoms with Crippen molar-refractivity contribution in [2.75, 3.05) is 10.6 Å². The number of benzene rings is 2. The molecule has 0 saturated carbocycles. The second-order valence-corrected chi connectivity index (χ2v) is 4.73. The zero-order chi connectivity index (χ0) is 19.4. The fourth-order valence-electron chi connectivity index (χ4n) is 1.84. The van der Waals surface area contributed by atoms with Crippen LogP contribution in [0.4, 0.5) is 42.5 Å². The number of hydrogen-bond acceptors (Lipinski definition) is 3. The largest absolute Gasteiger partial charge is 0.573 e. The van der Waals surface area contributed by atoms with E-state index in [1.54, 1.807) is 0 Å². The van der Waals surface area contributed by atoms with E-state index >= 15 is 0 Å². The molecule has 140 valence electrons. The minimum absolute atomic E-state index is 0.0213. The lowest BCUT2D eigenvalue weighted by Crippen LogP contribution is -2.20. The lowest BCUT2D eigenvalue weighted by molar-refractivity contribution is -0.275. The molecule has 0 aliphatic heterocycles. The summed E-state index contributed by atoms with van der Waals surface area (Å²) in [7, 11) is 0. The molecular formula is C15H10F6N2O3. The van der Waals surface area contributed by atoms with E-state index in [4.69, 9.17) is 0 Å². The summed E-state index contributed by atoms with van der Waals surface area (Å²) >= 11 is 0. The first-order chi connectivity index (χ1) is 12.0. The molecule has 0 heterocycles. The van der Waals surface area contributed by atoms with Crippen molar-refractivity contribution < 1.29 is 40.6 Å². The fourth-order valence-corrected chi connectivity index (χ4v) is 1.84. The van der Waals surface area contributed by atoms with E-state index in [-0.39, 0.29) is 11.4 Å². The van der Waals surface area contributed by atoms with E-state index in [1.807, 2.05) is 0 Å². The van der Waals surface area contributed by atoms with Gasteiger partial charge in [0.25, 0.3) is 0 Å².